The molecular formula is C46H33N. The molecule has 0 amide bonds. The SMILES string of the molecule is [2H]c1c([2H])c([2H])c(-c2c([2H])c([2H])c(N(c3cccc(-c4cccc5ccccc45)c3)c3ccccc3-c3ccc(-c4ccccc4)cc3)c([2H])c2[2H])c([2H])c1[2H]. The van der Waals surface area contributed by atoms with Crippen LogP contribution in [-0.4, -0.2) is 0 Å². The summed E-state index contributed by atoms with van der Waals surface area (Å²) in [5.74, 6) is 0. The summed E-state index contributed by atoms with van der Waals surface area (Å²) in [6.45, 7) is 0. The van der Waals surface area contributed by atoms with E-state index in [1.54, 1.807) is 4.90 Å². The van der Waals surface area contributed by atoms with E-state index >= 15 is 0 Å². The molecule has 0 heterocycles. The van der Waals surface area contributed by atoms with Gasteiger partial charge in [-0.3, -0.25) is 0 Å². The van der Waals surface area contributed by atoms with Gasteiger partial charge in [-0.1, -0.05) is 170 Å². The zero-order chi connectivity index (χ0) is 39.2. The lowest BCUT2D eigenvalue weighted by molar-refractivity contribution is 1.28. The summed E-state index contributed by atoms with van der Waals surface area (Å²) in [6.07, 6.45) is 0. The van der Waals surface area contributed by atoms with Crippen molar-refractivity contribution in [2.75, 3.05) is 4.90 Å². The fourth-order valence-electron chi connectivity index (χ4n) is 5.98. The van der Waals surface area contributed by atoms with Crippen molar-refractivity contribution in [1.82, 2.24) is 0 Å². The van der Waals surface area contributed by atoms with Gasteiger partial charge >= 0.3 is 0 Å². The lowest BCUT2D eigenvalue weighted by Crippen LogP contribution is -2.11. The van der Waals surface area contributed by atoms with E-state index < -0.39 is 54.4 Å². The minimum Gasteiger partial charge on any atom is -0.310 e. The molecule has 0 saturated carbocycles. The van der Waals surface area contributed by atoms with Gasteiger partial charge in [0.2, 0.25) is 0 Å². The largest absolute Gasteiger partial charge is 0.310 e. The number of fused-ring (bicyclic) bond motifs is 1. The molecule has 0 aliphatic rings. The van der Waals surface area contributed by atoms with Gasteiger partial charge in [0.15, 0.2) is 0 Å². The maximum Gasteiger partial charge on any atom is 0.0645 e. The van der Waals surface area contributed by atoms with Gasteiger partial charge in [-0.2, -0.15) is 0 Å². The van der Waals surface area contributed by atoms with Gasteiger partial charge < -0.3 is 4.90 Å². The normalized spacial score (nSPS) is 13.7. The van der Waals surface area contributed by atoms with E-state index in [4.69, 9.17) is 6.85 Å². The standard InChI is InChI=1S/C46H33N/c1-3-13-34(14-4-1)36-25-27-39(28-26-36)45-22-9-10-24-46(45)47(41-31-29-37(30-32-41)35-15-5-2-6-16-35)42-20-11-19-40(33-42)44-23-12-18-38-17-7-8-21-43(38)44/h1-33H/i2D,5D,6D,15D,16D,29D,30D,31D,32D. The van der Waals surface area contributed by atoms with Crippen LogP contribution in [0.3, 0.4) is 0 Å². The highest BCUT2D eigenvalue weighted by atomic mass is 15.1. The summed E-state index contributed by atoms with van der Waals surface area (Å²) < 4.78 is 79.2. The number of nitrogens with zero attached hydrogens (tertiary/aromatic N) is 1. The third kappa shape index (κ3) is 5.72. The highest BCUT2D eigenvalue weighted by molar-refractivity contribution is 5.98. The molecular weight excluding hydrogens is 567 g/mol. The average Bonchev–Trinajstić information content (AvgIpc) is 3.24. The smallest absolute Gasteiger partial charge is 0.0645 e. The third-order valence-electron chi connectivity index (χ3n) is 8.24. The monoisotopic (exact) mass is 608 g/mol. The minimum absolute atomic E-state index is 0.0560. The predicted molar refractivity (Wildman–Crippen MR) is 200 cm³/mol. The Morgan fingerprint density at radius 1 is 0.362 bits per heavy atom. The Balaban J connectivity index is 1.38. The van der Waals surface area contributed by atoms with E-state index in [-0.39, 0.29) is 16.8 Å². The Morgan fingerprint density at radius 2 is 0.957 bits per heavy atom. The van der Waals surface area contributed by atoms with Crippen LogP contribution in [0.15, 0.2) is 200 Å². The van der Waals surface area contributed by atoms with E-state index in [1.807, 2.05) is 127 Å². The third-order valence-corrected chi connectivity index (χ3v) is 8.24. The maximum absolute atomic E-state index is 9.48. The zero-order valence-corrected chi connectivity index (χ0v) is 25.3. The lowest BCUT2D eigenvalue weighted by Gasteiger charge is -2.28. The second kappa shape index (κ2) is 12.7. The molecule has 0 spiro atoms. The fourth-order valence-corrected chi connectivity index (χ4v) is 5.98. The van der Waals surface area contributed by atoms with E-state index in [9.17, 15) is 5.48 Å². The molecule has 1 heteroatoms. The number of para-hydroxylation sites is 1. The van der Waals surface area contributed by atoms with Crippen molar-refractivity contribution in [2.45, 2.75) is 0 Å². The second-order valence-corrected chi connectivity index (χ2v) is 11.1. The van der Waals surface area contributed by atoms with Crippen LogP contribution in [0.4, 0.5) is 17.1 Å². The molecule has 8 rings (SSSR count). The van der Waals surface area contributed by atoms with Gasteiger partial charge in [0.1, 0.15) is 0 Å². The molecule has 0 atom stereocenters. The average molecular weight is 609 g/mol. The summed E-state index contributed by atoms with van der Waals surface area (Å²) >= 11 is 0. The molecule has 0 fully saturated rings. The van der Waals surface area contributed by atoms with Gasteiger partial charge in [0, 0.05) is 16.9 Å². The van der Waals surface area contributed by atoms with Crippen molar-refractivity contribution in [3.05, 3.63) is 200 Å². The maximum atomic E-state index is 9.48. The van der Waals surface area contributed by atoms with Crippen molar-refractivity contribution < 1.29 is 12.3 Å². The van der Waals surface area contributed by atoms with Crippen LogP contribution in [0.2, 0.25) is 0 Å². The Hall–Kier alpha value is -6.18. The highest BCUT2D eigenvalue weighted by Gasteiger charge is 2.18. The summed E-state index contributed by atoms with van der Waals surface area (Å²) in [7, 11) is 0. The van der Waals surface area contributed by atoms with E-state index in [0.717, 1.165) is 44.2 Å². The van der Waals surface area contributed by atoms with Gasteiger partial charge in [0.25, 0.3) is 0 Å². The first-order valence-electron chi connectivity index (χ1n) is 19.9. The summed E-state index contributed by atoms with van der Waals surface area (Å²) in [6, 6.07) is 42.7. The Bertz CT molecular complexity index is 2740. The van der Waals surface area contributed by atoms with Gasteiger partial charge in [-0.25, -0.2) is 0 Å². The number of hydrogen-bond donors (Lipinski definition) is 0. The van der Waals surface area contributed by atoms with Gasteiger partial charge in [-0.15, -0.1) is 0 Å². The number of hydrogen-bond acceptors (Lipinski definition) is 1. The quantitative estimate of drug-likeness (QED) is 0.174. The first kappa shape index (κ1) is 20.0. The van der Waals surface area contributed by atoms with E-state index in [2.05, 4.69) is 18.2 Å². The minimum atomic E-state index is -0.624. The molecule has 8 aromatic carbocycles. The van der Waals surface area contributed by atoms with Crippen molar-refractivity contribution in [1.29, 1.82) is 0 Å². The molecule has 0 bridgehead atoms. The van der Waals surface area contributed by atoms with Crippen LogP contribution in [0, 0.1) is 0 Å². The molecule has 0 N–H and O–H groups in total. The fraction of sp³-hybridized carbons (Fsp3) is 0. The second-order valence-electron chi connectivity index (χ2n) is 11.1. The first-order chi connectivity index (χ1) is 27.1. The summed E-state index contributed by atoms with van der Waals surface area (Å²) in [4.78, 5) is 1.72. The van der Waals surface area contributed by atoms with E-state index in [0.29, 0.717) is 11.4 Å². The molecule has 0 aliphatic heterocycles. The van der Waals surface area contributed by atoms with Crippen molar-refractivity contribution in [3.63, 3.8) is 0 Å². The van der Waals surface area contributed by atoms with Crippen molar-refractivity contribution in [2.24, 2.45) is 0 Å². The Kier molecular flexibility index (Phi) is 5.40. The summed E-state index contributed by atoms with van der Waals surface area (Å²) in [5, 5.41) is 2.12. The molecule has 0 aromatic heterocycles. The Labute approximate surface area is 289 Å². The van der Waals surface area contributed by atoms with Gasteiger partial charge in [-0.05, 0) is 80.0 Å². The number of rotatable bonds is 7. The number of anilines is 3. The molecule has 0 saturated heterocycles. The van der Waals surface area contributed by atoms with Crippen LogP contribution < -0.4 is 4.90 Å². The topological polar surface area (TPSA) is 3.24 Å². The molecule has 1 nitrogen and oxygen atoms in total. The molecule has 0 aliphatic carbocycles. The summed E-state index contributed by atoms with van der Waals surface area (Å²) in [5.41, 5.74) is 5.95. The molecule has 222 valence electrons. The molecule has 8 aromatic rings. The zero-order valence-electron chi connectivity index (χ0n) is 34.3. The highest BCUT2D eigenvalue weighted by Crippen LogP contribution is 2.43. The first-order valence-corrected chi connectivity index (χ1v) is 15.4. The Morgan fingerprint density at radius 3 is 1.79 bits per heavy atom. The van der Waals surface area contributed by atoms with Crippen LogP contribution in [-0.2, 0) is 0 Å². The van der Waals surface area contributed by atoms with Crippen LogP contribution in [0.5, 0.6) is 0 Å². The lowest BCUT2D eigenvalue weighted by atomic mass is 9.96. The van der Waals surface area contributed by atoms with Crippen molar-refractivity contribution in [3.8, 4) is 44.5 Å². The van der Waals surface area contributed by atoms with Crippen LogP contribution >= 0.6 is 0 Å². The predicted octanol–water partition coefficient (Wildman–Crippen LogP) is 13.0. The molecule has 47 heavy (non-hydrogen) atoms. The van der Waals surface area contributed by atoms with Crippen LogP contribution in [0.25, 0.3) is 55.3 Å². The van der Waals surface area contributed by atoms with E-state index in [1.165, 1.54) is 0 Å². The van der Waals surface area contributed by atoms with Crippen molar-refractivity contribution >= 4 is 27.8 Å². The molecule has 0 unspecified atom stereocenters. The van der Waals surface area contributed by atoms with Crippen LogP contribution in [0.1, 0.15) is 12.3 Å². The number of benzene rings is 8. The van der Waals surface area contributed by atoms with Gasteiger partial charge in [0.05, 0.1) is 18.0 Å². The molecule has 0 radical (unpaired) electrons.